The number of piperidine rings is 1. The van der Waals surface area contributed by atoms with E-state index < -0.39 is 6.04 Å². The summed E-state index contributed by atoms with van der Waals surface area (Å²) in [5.41, 5.74) is 3.08. The average Bonchev–Trinajstić information content (AvgIpc) is 3.24. The van der Waals surface area contributed by atoms with Gasteiger partial charge in [0.2, 0.25) is 11.8 Å². The van der Waals surface area contributed by atoms with Crippen LogP contribution in [0.5, 0.6) is 0 Å². The largest absolute Gasteiger partial charge is 0.322 e. The highest BCUT2D eigenvalue weighted by atomic mass is 16.2. The van der Waals surface area contributed by atoms with Gasteiger partial charge in [0, 0.05) is 43.2 Å². The number of nitrogens with one attached hydrogen (secondary N) is 2. The van der Waals surface area contributed by atoms with Crippen LogP contribution in [-0.4, -0.2) is 58.2 Å². The fourth-order valence-corrected chi connectivity index (χ4v) is 5.98. The van der Waals surface area contributed by atoms with E-state index in [0.29, 0.717) is 30.5 Å². The molecule has 7 heteroatoms. The van der Waals surface area contributed by atoms with Gasteiger partial charge in [0.15, 0.2) is 0 Å². The molecular formula is C23H30N4O3. The number of nitrogens with zero attached hydrogens (tertiary/aromatic N) is 2. The number of rotatable bonds is 4. The van der Waals surface area contributed by atoms with Crippen molar-refractivity contribution in [1.82, 2.24) is 20.4 Å². The highest BCUT2D eigenvalue weighted by Crippen LogP contribution is 2.41. The van der Waals surface area contributed by atoms with E-state index in [-0.39, 0.29) is 29.7 Å². The van der Waals surface area contributed by atoms with Crippen LogP contribution in [0.15, 0.2) is 18.2 Å². The quantitative estimate of drug-likeness (QED) is 0.734. The predicted octanol–water partition coefficient (Wildman–Crippen LogP) is 1.41. The molecule has 1 aromatic carbocycles. The molecule has 2 N–H and O–H groups in total. The minimum Gasteiger partial charge on any atom is -0.322 e. The first-order chi connectivity index (χ1) is 14.4. The molecule has 0 bridgehead atoms. The lowest BCUT2D eigenvalue weighted by Gasteiger charge is -2.55. The Balaban J connectivity index is 1.33. The molecule has 4 aliphatic rings. The standard InChI is InChI=1S/C23H30N4O3/c1-14(2)20-23(13-24-20)8-3-9-26(23)11-15-4-5-16-12-27(22(30)17(16)10-15)18-6-7-19(28)25-21(18)29/h4-5,10,14,18,20,24H,3,6-9,11-13H2,1-2H3,(H,25,28,29). The van der Waals surface area contributed by atoms with Gasteiger partial charge >= 0.3 is 0 Å². The highest BCUT2D eigenvalue weighted by Gasteiger charge is 2.53. The van der Waals surface area contributed by atoms with Crippen LogP contribution in [0.4, 0.5) is 0 Å². The fourth-order valence-electron chi connectivity index (χ4n) is 5.98. The Labute approximate surface area is 177 Å². The third kappa shape index (κ3) is 2.98. The maximum Gasteiger partial charge on any atom is 0.255 e. The maximum atomic E-state index is 13.1. The Morgan fingerprint density at radius 2 is 2.07 bits per heavy atom. The Hall–Kier alpha value is -2.25. The molecule has 0 saturated carbocycles. The molecule has 3 unspecified atom stereocenters. The van der Waals surface area contributed by atoms with E-state index in [1.54, 1.807) is 4.90 Å². The molecule has 1 spiro atoms. The van der Waals surface area contributed by atoms with Crippen LogP contribution in [0.2, 0.25) is 0 Å². The number of carbonyl (C=O) groups excluding carboxylic acids is 3. The van der Waals surface area contributed by atoms with Crippen molar-refractivity contribution in [2.24, 2.45) is 5.92 Å². The first-order valence-corrected chi connectivity index (χ1v) is 11.1. The van der Waals surface area contributed by atoms with Gasteiger partial charge in [-0.05, 0) is 48.9 Å². The Kier molecular flexibility index (Phi) is 4.71. The van der Waals surface area contributed by atoms with Crippen LogP contribution in [0, 0.1) is 5.92 Å². The molecule has 0 radical (unpaired) electrons. The van der Waals surface area contributed by atoms with E-state index in [4.69, 9.17) is 0 Å². The normalized spacial score (nSPS) is 31.4. The number of carbonyl (C=O) groups is 3. The SMILES string of the molecule is CC(C)C1NCC12CCCN2Cc1ccc2c(c1)C(=O)N(C1CCC(=O)NC1=O)C2. The fraction of sp³-hybridized carbons (Fsp3) is 0.609. The molecule has 30 heavy (non-hydrogen) atoms. The van der Waals surface area contributed by atoms with Gasteiger partial charge in [-0.3, -0.25) is 24.6 Å². The van der Waals surface area contributed by atoms with Crippen molar-refractivity contribution < 1.29 is 14.4 Å². The molecule has 3 saturated heterocycles. The van der Waals surface area contributed by atoms with Gasteiger partial charge in [0.25, 0.3) is 5.91 Å². The summed E-state index contributed by atoms with van der Waals surface area (Å²) in [4.78, 5) is 41.0. The van der Waals surface area contributed by atoms with Gasteiger partial charge in [-0.1, -0.05) is 26.0 Å². The molecule has 3 fully saturated rings. The summed E-state index contributed by atoms with van der Waals surface area (Å²) in [6.07, 6.45) is 3.13. The minimum absolute atomic E-state index is 0.0946. The van der Waals surface area contributed by atoms with Gasteiger partial charge in [0.05, 0.1) is 0 Å². The van der Waals surface area contributed by atoms with E-state index >= 15 is 0 Å². The third-order valence-electron chi connectivity index (χ3n) is 7.51. The number of likely N-dealkylation sites (tertiary alicyclic amines) is 1. The van der Waals surface area contributed by atoms with Crippen LogP contribution in [0.1, 0.15) is 61.0 Å². The number of benzene rings is 1. The van der Waals surface area contributed by atoms with Crippen LogP contribution < -0.4 is 10.6 Å². The molecule has 4 aliphatic heterocycles. The van der Waals surface area contributed by atoms with Crippen molar-refractivity contribution in [3.63, 3.8) is 0 Å². The Morgan fingerprint density at radius 1 is 1.23 bits per heavy atom. The van der Waals surface area contributed by atoms with Crippen molar-refractivity contribution in [2.75, 3.05) is 13.1 Å². The van der Waals surface area contributed by atoms with E-state index in [9.17, 15) is 14.4 Å². The zero-order valence-corrected chi connectivity index (χ0v) is 17.7. The summed E-state index contributed by atoms with van der Waals surface area (Å²) in [6, 6.07) is 6.16. The van der Waals surface area contributed by atoms with E-state index in [0.717, 1.165) is 30.8 Å². The lowest BCUT2D eigenvalue weighted by molar-refractivity contribution is -0.136. The number of fused-ring (bicyclic) bond motifs is 1. The molecular weight excluding hydrogens is 380 g/mol. The summed E-state index contributed by atoms with van der Waals surface area (Å²) in [5.74, 6) is -0.109. The van der Waals surface area contributed by atoms with Crippen molar-refractivity contribution >= 4 is 17.7 Å². The zero-order chi connectivity index (χ0) is 21.0. The zero-order valence-electron chi connectivity index (χ0n) is 17.7. The van der Waals surface area contributed by atoms with Gasteiger partial charge < -0.3 is 10.2 Å². The number of hydrogen-bond donors (Lipinski definition) is 2. The molecule has 1 aromatic rings. The van der Waals surface area contributed by atoms with Crippen molar-refractivity contribution in [1.29, 1.82) is 0 Å². The Bertz CT molecular complexity index is 914. The third-order valence-corrected chi connectivity index (χ3v) is 7.51. The number of hydrogen-bond acceptors (Lipinski definition) is 5. The molecule has 7 nitrogen and oxygen atoms in total. The summed E-state index contributed by atoms with van der Waals surface area (Å²) in [5, 5.41) is 5.99. The highest BCUT2D eigenvalue weighted by molar-refractivity contribution is 6.05. The van der Waals surface area contributed by atoms with E-state index in [2.05, 4.69) is 35.4 Å². The Morgan fingerprint density at radius 3 is 2.77 bits per heavy atom. The van der Waals surface area contributed by atoms with Crippen LogP contribution in [-0.2, 0) is 22.7 Å². The summed E-state index contributed by atoms with van der Waals surface area (Å²) >= 11 is 0. The first-order valence-electron chi connectivity index (χ1n) is 11.1. The number of amides is 3. The second-order valence-electron chi connectivity index (χ2n) is 9.62. The van der Waals surface area contributed by atoms with Gasteiger partial charge in [-0.25, -0.2) is 0 Å². The summed E-state index contributed by atoms with van der Waals surface area (Å²) < 4.78 is 0. The van der Waals surface area contributed by atoms with E-state index in [1.807, 2.05) is 12.1 Å². The lowest BCUT2D eigenvalue weighted by Crippen LogP contribution is -2.74. The van der Waals surface area contributed by atoms with Crippen molar-refractivity contribution in [2.45, 2.75) is 70.2 Å². The molecule has 0 aliphatic carbocycles. The molecule has 0 aromatic heterocycles. The molecule has 5 rings (SSSR count). The smallest absolute Gasteiger partial charge is 0.255 e. The molecule has 4 heterocycles. The summed E-state index contributed by atoms with van der Waals surface area (Å²) in [6.45, 7) is 8.00. The molecule has 3 amide bonds. The second kappa shape index (κ2) is 7.17. The van der Waals surface area contributed by atoms with Crippen LogP contribution in [0.3, 0.4) is 0 Å². The summed E-state index contributed by atoms with van der Waals surface area (Å²) in [7, 11) is 0. The van der Waals surface area contributed by atoms with Gasteiger partial charge in [-0.2, -0.15) is 0 Å². The van der Waals surface area contributed by atoms with Crippen LogP contribution in [0.25, 0.3) is 0 Å². The molecule has 3 atom stereocenters. The lowest BCUT2D eigenvalue weighted by atomic mass is 9.74. The first kappa shape index (κ1) is 19.7. The molecule has 160 valence electrons. The minimum atomic E-state index is -0.555. The maximum absolute atomic E-state index is 13.1. The topological polar surface area (TPSA) is 81.8 Å². The predicted molar refractivity (Wildman–Crippen MR) is 111 cm³/mol. The van der Waals surface area contributed by atoms with Crippen molar-refractivity contribution in [3.05, 3.63) is 34.9 Å². The van der Waals surface area contributed by atoms with Gasteiger partial charge in [0.1, 0.15) is 6.04 Å². The average molecular weight is 411 g/mol. The van der Waals surface area contributed by atoms with Crippen LogP contribution >= 0.6 is 0 Å². The monoisotopic (exact) mass is 410 g/mol. The van der Waals surface area contributed by atoms with Crippen molar-refractivity contribution in [3.8, 4) is 0 Å². The van der Waals surface area contributed by atoms with E-state index in [1.165, 1.54) is 12.8 Å². The van der Waals surface area contributed by atoms with Gasteiger partial charge in [-0.15, -0.1) is 0 Å². The second-order valence-corrected chi connectivity index (χ2v) is 9.62. The number of imide groups is 1.